The largest absolute Gasteiger partial charge is 0.249 e. The minimum atomic E-state index is 0.806. The van der Waals surface area contributed by atoms with E-state index in [1.165, 1.54) is 48.8 Å². The van der Waals surface area contributed by atoms with Crippen LogP contribution in [-0.2, 0) is 7.05 Å². The number of aryl methyl sites for hydroxylation is 1. The van der Waals surface area contributed by atoms with Gasteiger partial charge >= 0.3 is 0 Å². The lowest BCUT2D eigenvalue weighted by Crippen LogP contribution is -2.26. The summed E-state index contributed by atoms with van der Waals surface area (Å²) in [6.45, 7) is 0. The van der Waals surface area contributed by atoms with Crippen molar-refractivity contribution in [2.24, 2.45) is 18.9 Å². The first kappa shape index (κ1) is 14.1. The fraction of sp³-hybridized carbons (Fsp3) is 0.435. The minimum Gasteiger partial charge on any atom is -0.232 e. The molecule has 0 saturated heterocycles. The predicted octanol–water partition coefficient (Wildman–Crippen LogP) is 4.85. The zero-order valence-corrected chi connectivity index (χ0v) is 14.9. The predicted molar refractivity (Wildman–Crippen MR) is 100.0 cm³/mol. The van der Waals surface area contributed by atoms with Gasteiger partial charge in [-0.25, -0.2) is 4.57 Å². The SMILES string of the molecule is C[n+]1cn(-c2ccccc2)c2cc3c(cc21)C1CC2CC(CC3C2)C1. The van der Waals surface area contributed by atoms with Gasteiger partial charge in [-0.05, 0) is 91.2 Å². The summed E-state index contributed by atoms with van der Waals surface area (Å²) in [5.41, 5.74) is 7.37. The highest BCUT2D eigenvalue weighted by atomic mass is 15.1. The molecular formula is C23H25N2+. The summed E-state index contributed by atoms with van der Waals surface area (Å²) in [5.74, 6) is 3.59. The zero-order chi connectivity index (χ0) is 16.5. The van der Waals surface area contributed by atoms with Crippen LogP contribution in [0.5, 0.6) is 0 Å². The van der Waals surface area contributed by atoms with Gasteiger partial charge in [-0.2, -0.15) is 4.57 Å². The third-order valence-corrected chi connectivity index (χ3v) is 7.16. The Morgan fingerprint density at radius 2 is 1.48 bits per heavy atom. The second-order valence-electron chi connectivity index (χ2n) is 8.71. The molecule has 0 amide bonds. The summed E-state index contributed by atoms with van der Waals surface area (Å²) < 4.78 is 4.67. The third kappa shape index (κ3) is 2.00. The Bertz CT molecular complexity index is 955. The second kappa shape index (κ2) is 4.97. The van der Waals surface area contributed by atoms with Gasteiger partial charge < -0.3 is 0 Å². The van der Waals surface area contributed by atoms with E-state index in [2.05, 4.69) is 65.0 Å². The molecule has 2 nitrogen and oxygen atoms in total. The molecule has 0 N–H and O–H groups in total. The van der Waals surface area contributed by atoms with Crippen molar-refractivity contribution in [2.75, 3.05) is 0 Å². The van der Waals surface area contributed by atoms with E-state index in [1.807, 2.05) is 0 Å². The first-order valence-corrected chi connectivity index (χ1v) is 9.86. The van der Waals surface area contributed by atoms with Crippen LogP contribution in [0.2, 0.25) is 0 Å². The van der Waals surface area contributed by atoms with Gasteiger partial charge in [0, 0.05) is 0 Å². The van der Waals surface area contributed by atoms with Crippen LogP contribution in [0.25, 0.3) is 16.7 Å². The molecule has 7 rings (SSSR count). The van der Waals surface area contributed by atoms with E-state index in [-0.39, 0.29) is 0 Å². The number of fused-ring (bicyclic) bond motifs is 1. The molecule has 2 saturated carbocycles. The monoisotopic (exact) mass is 329 g/mol. The summed E-state index contributed by atoms with van der Waals surface area (Å²) in [6, 6.07) is 15.9. The molecule has 2 heteroatoms. The fourth-order valence-corrected chi connectivity index (χ4v) is 6.24. The molecule has 4 aliphatic rings. The lowest BCUT2D eigenvalue weighted by molar-refractivity contribution is -0.645. The van der Waals surface area contributed by atoms with Crippen LogP contribution < -0.4 is 4.57 Å². The van der Waals surface area contributed by atoms with E-state index in [1.54, 1.807) is 11.1 Å². The van der Waals surface area contributed by atoms with E-state index < -0.39 is 0 Å². The molecule has 2 atom stereocenters. The molecule has 126 valence electrons. The Kier molecular flexibility index (Phi) is 2.81. The Labute approximate surface area is 149 Å². The lowest BCUT2D eigenvalue weighted by atomic mass is 9.67. The second-order valence-corrected chi connectivity index (χ2v) is 8.71. The molecule has 1 aromatic heterocycles. The first-order valence-electron chi connectivity index (χ1n) is 9.86. The lowest BCUT2D eigenvalue weighted by Gasteiger charge is -2.38. The van der Waals surface area contributed by atoms with Crippen LogP contribution in [0.3, 0.4) is 0 Å². The molecule has 3 aromatic rings. The minimum absolute atomic E-state index is 0.806. The maximum atomic E-state index is 2.55. The van der Waals surface area contributed by atoms with Crippen molar-refractivity contribution in [3.05, 3.63) is 59.9 Å². The van der Waals surface area contributed by atoms with Crippen molar-refractivity contribution >= 4 is 11.0 Å². The van der Waals surface area contributed by atoms with E-state index in [4.69, 9.17) is 0 Å². The molecule has 2 fully saturated rings. The summed E-state index contributed by atoms with van der Waals surface area (Å²) in [6.07, 6.45) is 9.49. The van der Waals surface area contributed by atoms with Crippen LogP contribution in [-0.4, -0.2) is 4.57 Å². The maximum absolute atomic E-state index is 2.55. The molecule has 0 spiro atoms. The standard InChI is InChI=1S/C23H25N2/c1-24-14-25(19-5-3-2-4-6-19)23-13-21-18-10-15-7-16(11-18)9-17(8-15)20(21)12-22(23)24/h2-6,12-18H,7-11H2,1H3/q+1. The topological polar surface area (TPSA) is 8.81 Å². The molecule has 4 aliphatic carbocycles. The van der Waals surface area contributed by atoms with Gasteiger partial charge in [0.25, 0.3) is 0 Å². The molecule has 0 radical (unpaired) electrons. The first-order chi connectivity index (χ1) is 12.3. The van der Waals surface area contributed by atoms with Crippen LogP contribution in [0, 0.1) is 11.8 Å². The summed E-state index contributed by atoms with van der Waals surface area (Å²) >= 11 is 0. The summed E-state index contributed by atoms with van der Waals surface area (Å²) in [5, 5.41) is 0. The van der Waals surface area contributed by atoms with Crippen molar-refractivity contribution < 1.29 is 4.57 Å². The Morgan fingerprint density at radius 1 is 0.840 bits per heavy atom. The molecule has 25 heavy (non-hydrogen) atoms. The number of para-hydroxylation sites is 1. The molecule has 2 aromatic carbocycles. The Hall–Kier alpha value is -2.09. The Balaban J connectivity index is 1.61. The van der Waals surface area contributed by atoms with Gasteiger partial charge in [0.2, 0.25) is 6.33 Å². The van der Waals surface area contributed by atoms with Gasteiger partial charge in [-0.15, -0.1) is 0 Å². The van der Waals surface area contributed by atoms with E-state index >= 15 is 0 Å². The number of aromatic nitrogens is 2. The fourth-order valence-electron chi connectivity index (χ4n) is 6.24. The van der Waals surface area contributed by atoms with Gasteiger partial charge in [0.1, 0.15) is 5.69 Å². The number of hydrogen-bond donors (Lipinski definition) is 0. The summed E-state index contributed by atoms with van der Waals surface area (Å²) in [7, 11) is 2.19. The Morgan fingerprint density at radius 3 is 2.16 bits per heavy atom. The number of imidazole rings is 1. The third-order valence-electron chi connectivity index (χ3n) is 7.16. The van der Waals surface area contributed by atoms with Gasteiger partial charge in [-0.3, -0.25) is 0 Å². The van der Waals surface area contributed by atoms with Crippen molar-refractivity contribution in [1.29, 1.82) is 0 Å². The molecule has 1 heterocycles. The average Bonchev–Trinajstić information content (AvgIpc) is 2.87. The van der Waals surface area contributed by atoms with Gasteiger partial charge in [0.05, 0.1) is 7.05 Å². The zero-order valence-electron chi connectivity index (χ0n) is 14.9. The normalized spacial score (nSPS) is 29.8. The maximum Gasteiger partial charge on any atom is 0.249 e. The molecule has 2 unspecified atom stereocenters. The van der Waals surface area contributed by atoms with Crippen LogP contribution in [0.4, 0.5) is 0 Å². The highest BCUT2D eigenvalue weighted by molar-refractivity contribution is 5.77. The quantitative estimate of drug-likeness (QED) is 0.565. The van der Waals surface area contributed by atoms with E-state index in [0.29, 0.717) is 0 Å². The number of hydrogen-bond acceptors (Lipinski definition) is 0. The number of rotatable bonds is 1. The average molecular weight is 329 g/mol. The van der Waals surface area contributed by atoms with Crippen LogP contribution >= 0.6 is 0 Å². The molecular weight excluding hydrogens is 304 g/mol. The molecule has 4 bridgehead atoms. The van der Waals surface area contributed by atoms with Crippen LogP contribution in [0.15, 0.2) is 48.8 Å². The van der Waals surface area contributed by atoms with Crippen molar-refractivity contribution in [3.63, 3.8) is 0 Å². The van der Waals surface area contributed by atoms with Crippen molar-refractivity contribution in [1.82, 2.24) is 4.57 Å². The summed E-state index contributed by atoms with van der Waals surface area (Å²) in [4.78, 5) is 0. The number of benzene rings is 2. The van der Waals surface area contributed by atoms with Crippen LogP contribution in [0.1, 0.15) is 55.1 Å². The highest BCUT2D eigenvalue weighted by Gasteiger charge is 2.42. The smallest absolute Gasteiger partial charge is 0.232 e. The van der Waals surface area contributed by atoms with Gasteiger partial charge in [-0.1, -0.05) is 18.2 Å². The van der Waals surface area contributed by atoms with E-state index in [9.17, 15) is 0 Å². The van der Waals surface area contributed by atoms with E-state index in [0.717, 1.165) is 23.7 Å². The van der Waals surface area contributed by atoms with Crippen molar-refractivity contribution in [2.45, 2.75) is 43.9 Å². The molecule has 0 aliphatic heterocycles. The number of nitrogens with zero attached hydrogens (tertiary/aromatic N) is 2. The van der Waals surface area contributed by atoms with Gasteiger partial charge in [0.15, 0.2) is 11.0 Å². The highest BCUT2D eigenvalue weighted by Crippen LogP contribution is 2.56. The van der Waals surface area contributed by atoms with Crippen molar-refractivity contribution in [3.8, 4) is 5.69 Å².